The van der Waals surface area contributed by atoms with Gasteiger partial charge >= 0.3 is 6.09 Å². The van der Waals surface area contributed by atoms with Crippen LogP contribution in [0.25, 0.3) is 0 Å². The molecular formula is C9H20N4O2. The van der Waals surface area contributed by atoms with Crippen LogP contribution in [0.5, 0.6) is 0 Å². The summed E-state index contributed by atoms with van der Waals surface area (Å²) in [5.41, 5.74) is 4.89. The van der Waals surface area contributed by atoms with Crippen molar-refractivity contribution in [3.8, 4) is 0 Å². The molecule has 0 bridgehead atoms. The number of amides is 1. The Labute approximate surface area is 90.5 Å². The number of ether oxygens (including phenoxy) is 1. The second kappa shape index (κ2) is 8.05. The predicted octanol–water partition coefficient (Wildman–Crippen LogP) is -0.00110. The number of nitrogens with one attached hydrogen (secondary N) is 1. The Balaban J connectivity index is 3.88. The predicted molar refractivity (Wildman–Crippen MR) is 59.8 cm³/mol. The van der Waals surface area contributed by atoms with E-state index in [1.54, 1.807) is 0 Å². The first-order chi connectivity index (χ1) is 7.06. The standard InChI is InChI=1S/C9H20N4O2/c1-4-11-9(15-8(10)14)12-6-5-7-13(2)3/h4-7H2,1-3H3,(H2,10,14)(H,11,12). The van der Waals surface area contributed by atoms with Crippen LogP contribution in [0.2, 0.25) is 0 Å². The smallest absolute Gasteiger partial charge is 0.376 e. The highest BCUT2D eigenvalue weighted by Crippen LogP contribution is 1.87. The van der Waals surface area contributed by atoms with Crippen molar-refractivity contribution in [3.63, 3.8) is 0 Å². The largest absolute Gasteiger partial charge is 0.412 e. The molecule has 0 unspecified atom stereocenters. The van der Waals surface area contributed by atoms with Crippen molar-refractivity contribution in [1.29, 1.82) is 0 Å². The van der Waals surface area contributed by atoms with Crippen LogP contribution in [0.15, 0.2) is 4.99 Å². The second-order valence-corrected chi connectivity index (χ2v) is 3.30. The minimum atomic E-state index is -0.845. The molecular weight excluding hydrogens is 196 g/mol. The Bertz CT molecular complexity index is 216. The molecule has 0 rings (SSSR count). The van der Waals surface area contributed by atoms with Crippen LogP contribution in [0.3, 0.4) is 0 Å². The zero-order valence-corrected chi connectivity index (χ0v) is 9.62. The Morgan fingerprint density at radius 2 is 2.20 bits per heavy atom. The van der Waals surface area contributed by atoms with E-state index >= 15 is 0 Å². The third-order valence-electron chi connectivity index (χ3n) is 1.54. The molecule has 0 saturated heterocycles. The summed E-state index contributed by atoms with van der Waals surface area (Å²) in [6, 6.07) is 0.198. The first kappa shape index (κ1) is 13.7. The zero-order valence-electron chi connectivity index (χ0n) is 9.62. The van der Waals surface area contributed by atoms with E-state index in [2.05, 4.69) is 19.9 Å². The molecule has 0 aliphatic heterocycles. The van der Waals surface area contributed by atoms with Crippen LogP contribution in [-0.2, 0) is 4.74 Å². The molecule has 0 aromatic rings. The molecule has 15 heavy (non-hydrogen) atoms. The molecule has 0 fully saturated rings. The van der Waals surface area contributed by atoms with Gasteiger partial charge in [0.25, 0.3) is 6.02 Å². The number of carbonyl (C=O) groups excluding carboxylic acids is 1. The van der Waals surface area contributed by atoms with Gasteiger partial charge in [-0.1, -0.05) is 0 Å². The van der Waals surface area contributed by atoms with Crippen molar-refractivity contribution in [2.24, 2.45) is 10.7 Å². The molecule has 0 aromatic carbocycles. The van der Waals surface area contributed by atoms with Crippen molar-refractivity contribution in [1.82, 2.24) is 10.2 Å². The van der Waals surface area contributed by atoms with E-state index in [0.29, 0.717) is 13.1 Å². The number of hydrogen-bond donors (Lipinski definition) is 2. The molecule has 3 N–H and O–H groups in total. The molecule has 0 radical (unpaired) electrons. The summed E-state index contributed by atoms with van der Waals surface area (Å²) in [6.07, 6.45) is 0.0617. The van der Waals surface area contributed by atoms with Crippen LogP contribution in [0.1, 0.15) is 13.3 Å². The van der Waals surface area contributed by atoms with Gasteiger partial charge in [0.15, 0.2) is 0 Å². The lowest BCUT2D eigenvalue weighted by Crippen LogP contribution is -2.31. The number of aliphatic imine (C=N–C) groups is 1. The summed E-state index contributed by atoms with van der Waals surface area (Å²) in [5.74, 6) is 0. The summed E-state index contributed by atoms with van der Waals surface area (Å²) in [5, 5.41) is 2.82. The van der Waals surface area contributed by atoms with E-state index in [-0.39, 0.29) is 6.02 Å². The Morgan fingerprint density at radius 3 is 2.67 bits per heavy atom. The van der Waals surface area contributed by atoms with E-state index < -0.39 is 6.09 Å². The summed E-state index contributed by atoms with van der Waals surface area (Å²) in [4.78, 5) is 16.6. The molecule has 6 heteroatoms. The Kier molecular flexibility index (Phi) is 7.35. The Morgan fingerprint density at radius 1 is 1.53 bits per heavy atom. The monoisotopic (exact) mass is 216 g/mol. The third-order valence-corrected chi connectivity index (χ3v) is 1.54. The van der Waals surface area contributed by atoms with Crippen LogP contribution < -0.4 is 11.1 Å². The van der Waals surface area contributed by atoms with E-state index in [4.69, 9.17) is 5.73 Å². The topological polar surface area (TPSA) is 79.9 Å². The maximum Gasteiger partial charge on any atom is 0.412 e. The van der Waals surface area contributed by atoms with Crippen LogP contribution in [0.4, 0.5) is 4.79 Å². The second-order valence-electron chi connectivity index (χ2n) is 3.30. The molecule has 6 nitrogen and oxygen atoms in total. The van der Waals surface area contributed by atoms with Gasteiger partial charge in [-0.25, -0.2) is 9.79 Å². The molecule has 0 aromatic heterocycles. The van der Waals surface area contributed by atoms with Gasteiger partial charge < -0.3 is 20.7 Å². The van der Waals surface area contributed by atoms with E-state index in [9.17, 15) is 4.79 Å². The lowest BCUT2D eigenvalue weighted by molar-refractivity contribution is 0.205. The lowest BCUT2D eigenvalue weighted by atomic mass is 10.4. The fourth-order valence-electron chi connectivity index (χ4n) is 0.938. The number of hydrogen-bond acceptors (Lipinski definition) is 4. The quantitative estimate of drug-likeness (QED) is 0.385. The van der Waals surface area contributed by atoms with Gasteiger partial charge in [0, 0.05) is 13.1 Å². The van der Waals surface area contributed by atoms with E-state index in [0.717, 1.165) is 13.0 Å². The molecule has 1 amide bonds. The zero-order chi connectivity index (χ0) is 11.7. The van der Waals surface area contributed by atoms with Crippen LogP contribution >= 0.6 is 0 Å². The minimum Gasteiger partial charge on any atom is -0.376 e. The summed E-state index contributed by atoms with van der Waals surface area (Å²) >= 11 is 0. The molecule has 0 atom stereocenters. The van der Waals surface area contributed by atoms with Gasteiger partial charge in [-0.15, -0.1) is 0 Å². The highest BCUT2D eigenvalue weighted by molar-refractivity contribution is 5.85. The number of primary amides is 1. The first-order valence-electron chi connectivity index (χ1n) is 4.96. The van der Waals surface area contributed by atoms with Gasteiger partial charge in [0.2, 0.25) is 0 Å². The fraction of sp³-hybridized carbons (Fsp3) is 0.778. The molecule has 0 aliphatic carbocycles. The normalized spacial score (nSPS) is 11.6. The average molecular weight is 216 g/mol. The van der Waals surface area contributed by atoms with Crippen molar-refractivity contribution >= 4 is 12.1 Å². The van der Waals surface area contributed by atoms with Crippen LogP contribution in [0, 0.1) is 0 Å². The van der Waals surface area contributed by atoms with E-state index in [1.165, 1.54) is 0 Å². The summed E-state index contributed by atoms with van der Waals surface area (Å²) in [7, 11) is 3.99. The third kappa shape index (κ3) is 9.01. The van der Waals surface area contributed by atoms with Crippen molar-refractivity contribution in [2.75, 3.05) is 33.7 Å². The lowest BCUT2D eigenvalue weighted by Gasteiger charge is -2.08. The maximum absolute atomic E-state index is 10.5. The maximum atomic E-state index is 10.5. The minimum absolute atomic E-state index is 0.198. The van der Waals surface area contributed by atoms with Crippen molar-refractivity contribution in [2.45, 2.75) is 13.3 Å². The number of nitrogens with zero attached hydrogens (tertiary/aromatic N) is 2. The number of carbonyl (C=O) groups is 1. The van der Waals surface area contributed by atoms with Gasteiger partial charge in [0.05, 0.1) is 0 Å². The molecule has 0 heterocycles. The SMILES string of the molecule is CCN/C(=N/CCCN(C)C)OC(N)=O. The molecule has 0 spiro atoms. The van der Waals surface area contributed by atoms with Crippen LogP contribution in [-0.4, -0.2) is 50.7 Å². The fourth-order valence-corrected chi connectivity index (χ4v) is 0.938. The van der Waals surface area contributed by atoms with Gasteiger partial charge in [-0.3, -0.25) is 0 Å². The average Bonchev–Trinajstić information content (AvgIpc) is 2.11. The van der Waals surface area contributed by atoms with Gasteiger partial charge in [0.1, 0.15) is 0 Å². The number of amidine groups is 1. The first-order valence-corrected chi connectivity index (χ1v) is 4.96. The van der Waals surface area contributed by atoms with Gasteiger partial charge in [-0.05, 0) is 34.0 Å². The molecule has 88 valence electrons. The van der Waals surface area contributed by atoms with Crippen molar-refractivity contribution in [3.05, 3.63) is 0 Å². The van der Waals surface area contributed by atoms with Crippen molar-refractivity contribution < 1.29 is 9.53 Å². The van der Waals surface area contributed by atoms with E-state index in [1.807, 2.05) is 21.0 Å². The highest BCUT2D eigenvalue weighted by Gasteiger charge is 2.02. The molecule has 0 aliphatic rings. The Hall–Kier alpha value is -1.30. The number of rotatable bonds is 5. The highest BCUT2D eigenvalue weighted by atomic mass is 16.6. The van der Waals surface area contributed by atoms with Gasteiger partial charge in [-0.2, -0.15) is 0 Å². The number of nitrogens with two attached hydrogens (primary N) is 1. The summed E-state index contributed by atoms with van der Waals surface area (Å²) < 4.78 is 4.66. The summed E-state index contributed by atoms with van der Waals surface area (Å²) in [6.45, 7) is 4.08. The molecule has 0 saturated carbocycles.